The first-order valence-corrected chi connectivity index (χ1v) is 11.1. The van der Waals surface area contributed by atoms with Gasteiger partial charge in [0.1, 0.15) is 5.70 Å². The zero-order valence-corrected chi connectivity index (χ0v) is 20.1. The number of nitrogens with zero attached hydrogens (tertiary/aromatic N) is 1. The predicted molar refractivity (Wildman–Crippen MR) is 128 cm³/mol. The number of benzene rings is 2. The number of carbonyl (C=O) groups is 2. The van der Waals surface area contributed by atoms with Gasteiger partial charge in [0.25, 0.3) is 11.8 Å². The third kappa shape index (κ3) is 5.79. The standard InChI is InChI=1S/C25H29ClN2O5/c1-16-9-11-28(12-10-16)25(30)20(27-24(29)18-7-5-6-8-19(18)26)13-17-14-21(31-2)23(33-4)22(15-17)32-3/h5-8,13-16H,9-12H2,1-4H3,(H,27,29)/b20-13-. The van der Waals surface area contributed by atoms with Crippen molar-refractivity contribution >= 4 is 29.5 Å². The fourth-order valence-corrected chi connectivity index (χ4v) is 3.94. The Morgan fingerprint density at radius 3 is 2.18 bits per heavy atom. The second-order valence-corrected chi connectivity index (χ2v) is 8.33. The van der Waals surface area contributed by atoms with Crippen molar-refractivity contribution in [2.24, 2.45) is 5.92 Å². The van der Waals surface area contributed by atoms with Gasteiger partial charge in [-0.15, -0.1) is 0 Å². The molecule has 0 spiro atoms. The fourth-order valence-electron chi connectivity index (χ4n) is 3.72. The van der Waals surface area contributed by atoms with Crippen LogP contribution >= 0.6 is 11.6 Å². The largest absolute Gasteiger partial charge is 0.493 e. The average Bonchev–Trinajstić information content (AvgIpc) is 2.83. The molecular weight excluding hydrogens is 444 g/mol. The molecule has 0 atom stereocenters. The Hall–Kier alpha value is -3.19. The summed E-state index contributed by atoms with van der Waals surface area (Å²) in [5.74, 6) is 1.18. The van der Waals surface area contributed by atoms with Crippen molar-refractivity contribution in [1.29, 1.82) is 0 Å². The van der Waals surface area contributed by atoms with Gasteiger partial charge in [0, 0.05) is 13.1 Å². The molecule has 0 saturated carbocycles. The maximum atomic E-state index is 13.4. The number of carbonyl (C=O) groups excluding carboxylic acids is 2. The molecule has 176 valence electrons. The first kappa shape index (κ1) is 24.5. The van der Waals surface area contributed by atoms with E-state index in [1.807, 2.05) is 0 Å². The number of rotatable bonds is 7. The highest BCUT2D eigenvalue weighted by Crippen LogP contribution is 2.38. The van der Waals surface area contributed by atoms with Crippen LogP contribution in [0.5, 0.6) is 17.2 Å². The number of ether oxygens (including phenoxy) is 3. The summed E-state index contributed by atoms with van der Waals surface area (Å²) in [4.78, 5) is 28.2. The lowest BCUT2D eigenvalue weighted by Crippen LogP contribution is -2.42. The van der Waals surface area contributed by atoms with Crippen molar-refractivity contribution in [2.45, 2.75) is 19.8 Å². The second kappa shape index (κ2) is 11.1. The molecule has 7 nitrogen and oxygen atoms in total. The fraction of sp³-hybridized carbons (Fsp3) is 0.360. The Bertz CT molecular complexity index is 1020. The molecule has 1 heterocycles. The molecule has 1 aliphatic rings. The molecule has 8 heteroatoms. The SMILES string of the molecule is COc1cc(/C=C(\NC(=O)c2ccccc2Cl)C(=O)N2CCC(C)CC2)cc(OC)c1OC. The molecular formula is C25H29ClN2O5. The van der Waals surface area contributed by atoms with E-state index in [0.717, 1.165) is 12.8 Å². The third-order valence-electron chi connectivity index (χ3n) is 5.67. The molecule has 0 aliphatic carbocycles. The van der Waals surface area contributed by atoms with Gasteiger partial charge in [-0.3, -0.25) is 9.59 Å². The third-order valence-corrected chi connectivity index (χ3v) is 6.00. The Labute approximate surface area is 199 Å². The van der Waals surface area contributed by atoms with Crippen LogP contribution in [0.3, 0.4) is 0 Å². The van der Waals surface area contributed by atoms with E-state index in [1.54, 1.807) is 47.4 Å². The number of halogens is 1. The summed E-state index contributed by atoms with van der Waals surface area (Å²) < 4.78 is 16.2. The number of hydrogen-bond acceptors (Lipinski definition) is 5. The molecule has 0 aromatic heterocycles. The molecule has 3 rings (SSSR count). The number of piperidine rings is 1. The van der Waals surface area contributed by atoms with Crippen molar-refractivity contribution in [1.82, 2.24) is 10.2 Å². The van der Waals surface area contributed by atoms with E-state index in [2.05, 4.69) is 12.2 Å². The van der Waals surface area contributed by atoms with Crippen LogP contribution in [0, 0.1) is 5.92 Å². The van der Waals surface area contributed by atoms with Gasteiger partial charge in [0.05, 0.1) is 31.9 Å². The summed E-state index contributed by atoms with van der Waals surface area (Å²) >= 11 is 6.20. The van der Waals surface area contributed by atoms with E-state index in [1.165, 1.54) is 21.3 Å². The van der Waals surface area contributed by atoms with E-state index in [9.17, 15) is 9.59 Å². The Kier molecular flexibility index (Phi) is 8.22. The van der Waals surface area contributed by atoms with E-state index >= 15 is 0 Å². The number of methoxy groups -OCH3 is 3. The van der Waals surface area contributed by atoms with Gasteiger partial charge in [-0.05, 0) is 54.7 Å². The Morgan fingerprint density at radius 2 is 1.64 bits per heavy atom. The van der Waals surface area contributed by atoms with Crippen LogP contribution in [0.1, 0.15) is 35.7 Å². The molecule has 1 N–H and O–H groups in total. The van der Waals surface area contributed by atoms with Gasteiger partial charge in [0.15, 0.2) is 11.5 Å². The van der Waals surface area contributed by atoms with Gasteiger partial charge in [0.2, 0.25) is 5.75 Å². The van der Waals surface area contributed by atoms with Gasteiger partial charge >= 0.3 is 0 Å². The van der Waals surface area contributed by atoms with Crippen LogP contribution in [-0.4, -0.2) is 51.1 Å². The highest BCUT2D eigenvalue weighted by molar-refractivity contribution is 6.34. The molecule has 1 saturated heterocycles. The second-order valence-electron chi connectivity index (χ2n) is 7.93. The molecule has 0 unspecified atom stereocenters. The van der Waals surface area contributed by atoms with Gasteiger partial charge < -0.3 is 24.4 Å². The topological polar surface area (TPSA) is 77.1 Å². The molecule has 2 amide bonds. The van der Waals surface area contributed by atoms with Gasteiger partial charge in [-0.1, -0.05) is 30.7 Å². The summed E-state index contributed by atoms with van der Waals surface area (Å²) in [6.45, 7) is 3.44. The molecule has 0 bridgehead atoms. The monoisotopic (exact) mass is 472 g/mol. The van der Waals surface area contributed by atoms with E-state index in [0.29, 0.717) is 46.8 Å². The van der Waals surface area contributed by atoms with Crippen LogP contribution in [0.15, 0.2) is 42.1 Å². The van der Waals surface area contributed by atoms with Crippen LogP contribution in [-0.2, 0) is 4.79 Å². The highest BCUT2D eigenvalue weighted by Gasteiger charge is 2.25. The van der Waals surface area contributed by atoms with E-state index in [4.69, 9.17) is 25.8 Å². The van der Waals surface area contributed by atoms with Crippen LogP contribution in [0.2, 0.25) is 5.02 Å². The van der Waals surface area contributed by atoms with Crippen LogP contribution < -0.4 is 19.5 Å². The summed E-state index contributed by atoms with van der Waals surface area (Å²) in [7, 11) is 4.56. The molecule has 0 radical (unpaired) electrons. The maximum absolute atomic E-state index is 13.4. The molecule has 1 aliphatic heterocycles. The normalized spacial score (nSPS) is 14.6. The maximum Gasteiger partial charge on any atom is 0.270 e. The minimum atomic E-state index is -0.460. The predicted octanol–water partition coefficient (Wildman–Crippen LogP) is 4.40. The molecule has 33 heavy (non-hydrogen) atoms. The number of nitrogens with one attached hydrogen (secondary N) is 1. The number of amides is 2. The lowest BCUT2D eigenvalue weighted by molar-refractivity contribution is -0.128. The van der Waals surface area contributed by atoms with Gasteiger partial charge in [-0.25, -0.2) is 0 Å². The van der Waals surface area contributed by atoms with Crippen LogP contribution in [0.25, 0.3) is 6.08 Å². The van der Waals surface area contributed by atoms with Crippen molar-refractivity contribution < 1.29 is 23.8 Å². The smallest absolute Gasteiger partial charge is 0.270 e. The van der Waals surface area contributed by atoms with Crippen molar-refractivity contribution in [2.75, 3.05) is 34.4 Å². The lowest BCUT2D eigenvalue weighted by Gasteiger charge is -2.31. The molecule has 2 aromatic carbocycles. The Morgan fingerprint density at radius 1 is 1.03 bits per heavy atom. The van der Waals surface area contributed by atoms with Crippen LogP contribution in [0.4, 0.5) is 0 Å². The quantitative estimate of drug-likeness (QED) is 0.604. The zero-order chi connectivity index (χ0) is 24.0. The summed E-state index contributed by atoms with van der Waals surface area (Å²) in [5.41, 5.74) is 1.04. The zero-order valence-electron chi connectivity index (χ0n) is 19.3. The number of likely N-dealkylation sites (tertiary alicyclic amines) is 1. The minimum Gasteiger partial charge on any atom is -0.493 e. The molecule has 1 fully saturated rings. The molecule has 2 aromatic rings. The summed E-state index contributed by atoms with van der Waals surface area (Å²) in [6.07, 6.45) is 3.45. The lowest BCUT2D eigenvalue weighted by atomic mass is 9.99. The first-order chi connectivity index (χ1) is 15.9. The highest BCUT2D eigenvalue weighted by atomic mass is 35.5. The van der Waals surface area contributed by atoms with E-state index in [-0.39, 0.29) is 17.2 Å². The summed E-state index contributed by atoms with van der Waals surface area (Å²) in [5, 5.41) is 3.07. The van der Waals surface area contributed by atoms with Crippen molar-refractivity contribution in [3.63, 3.8) is 0 Å². The first-order valence-electron chi connectivity index (χ1n) is 10.7. The van der Waals surface area contributed by atoms with Crippen molar-refractivity contribution in [3.05, 3.63) is 58.2 Å². The van der Waals surface area contributed by atoms with Crippen molar-refractivity contribution in [3.8, 4) is 17.2 Å². The average molecular weight is 473 g/mol. The minimum absolute atomic E-state index is 0.142. The van der Waals surface area contributed by atoms with Gasteiger partial charge in [-0.2, -0.15) is 0 Å². The van der Waals surface area contributed by atoms with E-state index < -0.39 is 5.91 Å². The Balaban J connectivity index is 2.01. The summed E-state index contributed by atoms with van der Waals surface area (Å²) in [6, 6.07) is 10.1. The number of hydrogen-bond donors (Lipinski definition) is 1.